The largest absolute Gasteiger partial charge is 0.338 e. The molecule has 0 atom stereocenters. The molecule has 0 spiro atoms. The first-order chi connectivity index (χ1) is 11.2. The van der Waals surface area contributed by atoms with E-state index >= 15 is 0 Å². The number of benzene rings is 1. The first kappa shape index (κ1) is 16.7. The second-order valence-electron chi connectivity index (χ2n) is 5.02. The van der Waals surface area contributed by atoms with Crippen LogP contribution in [0, 0.1) is 0 Å². The molecule has 0 N–H and O–H groups in total. The average Bonchev–Trinajstić information content (AvgIpc) is 3.27. The van der Waals surface area contributed by atoms with Gasteiger partial charge in [-0.25, -0.2) is 9.97 Å². The summed E-state index contributed by atoms with van der Waals surface area (Å²) >= 11 is 0. The van der Waals surface area contributed by atoms with Crippen LogP contribution in [0.1, 0.15) is 30.0 Å². The minimum atomic E-state index is 0.0676. The minimum absolute atomic E-state index is 0.0676. The molecule has 3 rings (SSSR count). The molecule has 0 saturated carbocycles. The van der Waals surface area contributed by atoms with E-state index in [0.29, 0.717) is 12.2 Å². The second-order valence-corrected chi connectivity index (χ2v) is 5.02. The van der Waals surface area contributed by atoms with Gasteiger partial charge in [0.05, 0.1) is 6.33 Å². The maximum absolute atomic E-state index is 12.0. The summed E-state index contributed by atoms with van der Waals surface area (Å²) in [4.78, 5) is 19.9. The third-order valence-corrected chi connectivity index (χ3v) is 3.44. The predicted molar refractivity (Wildman–Crippen MR) is 90.3 cm³/mol. The zero-order valence-electron chi connectivity index (χ0n) is 13.6. The number of hydrogen-bond acceptors (Lipinski definition) is 3. The van der Waals surface area contributed by atoms with E-state index in [1.165, 1.54) is 0 Å². The smallest absolute Gasteiger partial charge is 0.202 e. The first-order valence-corrected chi connectivity index (χ1v) is 7.78. The fourth-order valence-electron chi connectivity index (χ4n) is 2.15. The van der Waals surface area contributed by atoms with Gasteiger partial charge in [0.25, 0.3) is 0 Å². The molecule has 120 valence electrons. The molecule has 3 aromatic rings. The van der Waals surface area contributed by atoms with E-state index in [4.69, 9.17) is 0 Å². The quantitative estimate of drug-likeness (QED) is 0.680. The lowest BCUT2D eigenvalue weighted by Crippen LogP contribution is -2.11. The van der Waals surface area contributed by atoms with Crippen molar-refractivity contribution in [2.45, 2.75) is 33.4 Å². The third-order valence-electron chi connectivity index (χ3n) is 3.44. The Kier molecular flexibility index (Phi) is 6.29. The molecule has 0 unspecified atom stereocenters. The maximum atomic E-state index is 12.0. The zero-order chi connectivity index (χ0) is 16.5. The van der Waals surface area contributed by atoms with Gasteiger partial charge in [-0.1, -0.05) is 30.3 Å². The van der Waals surface area contributed by atoms with E-state index in [2.05, 4.69) is 16.9 Å². The van der Waals surface area contributed by atoms with Crippen LogP contribution in [0.2, 0.25) is 0 Å². The van der Waals surface area contributed by atoms with Gasteiger partial charge in [-0.15, -0.1) is 0 Å². The molecule has 2 aromatic heterocycles. The monoisotopic (exact) mass is 310 g/mol. The van der Waals surface area contributed by atoms with Crippen LogP contribution in [0.5, 0.6) is 0 Å². The van der Waals surface area contributed by atoms with E-state index in [9.17, 15) is 4.79 Å². The van der Waals surface area contributed by atoms with Crippen LogP contribution in [0.25, 0.3) is 0 Å². The summed E-state index contributed by atoms with van der Waals surface area (Å²) < 4.78 is 3.88. The summed E-state index contributed by atoms with van der Waals surface area (Å²) in [6, 6.07) is 9.74. The fourth-order valence-corrected chi connectivity index (χ4v) is 2.15. The highest BCUT2D eigenvalue weighted by Crippen LogP contribution is 2.06. The first-order valence-electron chi connectivity index (χ1n) is 7.78. The molecule has 1 aromatic carbocycles. The van der Waals surface area contributed by atoms with Gasteiger partial charge in [0.2, 0.25) is 5.78 Å². The van der Waals surface area contributed by atoms with Crippen molar-refractivity contribution in [2.75, 3.05) is 0 Å². The Morgan fingerprint density at radius 1 is 1.04 bits per heavy atom. The normalized spacial score (nSPS) is 10.0. The van der Waals surface area contributed by atoms with Crippen LogP contribution in [-0.4, -0.2) is 24.9 Å². The molecule has 5 nitrogen and oxygen atoms in total. The number of ketones is 1. The van der Waals surface area contributed by atoms with Crippen LogP contribution in [0.3, 0.4) is 0 Å². The molecule has 0 aliphatic rings. The number of aromatic nitrogens is 4. The number of imidazole rings is 2. The van der Waals surface area contributed by atoms with Gasteiger partial charge >= 0.3 is 0 Å². The van der Waals surface area contributed by atoms with E-state index < -0.39 is 0 Å². The molecule has 0 fully saturated rings. The number of nitrogens with zero attached hydrogens (tertiary/aromatic N) is 4. The van der Waals surface area contributed by atoms with Crippen molar-refractivity contribution in [3.05, 3.63) is 72.8 Å². The molecule has 0 aliphatic carbocycles. The van der Waals surface area contributed by atoms with Crippen LogP contribution in [-0.2, 0) is 19.5 Å². The number of rotatable bonds is 5. The summed E-state index contributed by atoms with van der Waals surface area (Å²) in [5.74, 6) is 0.615. The lowest BCUT2D eigenvalue weighted by Gasteiger charge is -2.03. The van der Waals surface area contributed by atoms with Gasteiger partial charge in [-0.2, -0.15) is 0 Å². The molecule has 2 heterocycles. The Balaban J connectivity index is 0.000000229. The van der Waals surface area contributed by atoms with Crippen LogP contribution >= 0.6 is 0 Å². The molecule has 5 heteroatoms. The SMILES string of the molecule is CCn1ccnc1.CCn1ccnc1C(=O)Cc1ccccc1. The number of Topliss-reactive ketones (excluding diaryl/α,β-unsaturated/α-hetero) is 1. The zero-order valence-corrected chi connectivity index (χ0v) is 13.6. The number of carbonyl (C=O) groups excluding carboxylic acids is 1. The van der Waals surface area contributed by atoms with E-state index in [1.54, 1.807) is 18.7 Å². The van der Waals surface area contributed by atoms with Crippen LogP contribution in [0.4, 0.5) is 0 Å². The fraction of sp³-hybridized carbons (Fsp3) is 0.278. The van der Waals surface area contributed by atoms with Crippen molar-refractivity contribution in [2.24, 2.45) is 0 Å². The van der Waals surface area contributed by atoms with E-state index in [0.717, 1.165) is 18.7 Å². The summed E-state index contributed by atoms with van der Waals surface area (Å²) in [6.45, 7) is 5.87. The average molecular weight is 310 g/mol. The van der Waals surface area contributed by atoms with E-state index in [1.807, 2.05) is 58.8 Å². The molecule has 0 radical (unpaired) electrons. The lowest BCUT2D eigenvalue weighted by atomic mass is 10.1. The van der Waals surface area contributed by atoms with E-state index in [-0.39, 0.29) is 5.78 Å². The summed E-state index contributed by atoms with van der Waals surface area (Å²) in [6.07, 6.45) is 9.45. The van der Waals surface area contributed by atoms with Gasteiger partial charge in [-0.05, 0) is 19.4 Å². The number of aryl methyl sites for hydroxylation is 2. The van der Waals surface area contributed by atoms with Crippen molar-refractivity contribution in [3.8, 4) is 0 Å². The third kappa shape index (κ3) is 4.92. The Labute approximate surface area is 136 Å². The highest BCUT2D eigenvalue weighted by atomic mass is 16.1. The minimum Gasteiger partial charge on any atom is -0.338 e. The molecule has 0 amide bonds. The Morgan fingerprint density at radius 3 is 2.39 bits per heavy atom. The Hall–Kier alpha value is -2.69. The van der Waals surface area contributed by atoms with Crippen molar-refractivity contribution >= 4 is 5.78 Å². The Morgan fingerprint density at radius 2 is 1.83 bits per heavy atom. The van der Waals surface area contributed by atoms with Crippen molar-refractivity contribution in [1.82, 2.24) is 19.1 Å². The lowest BCUT2D eigenvalue weighted by molar-refractivity contribution is 0.0979. The van der Waals surface area contributed by atoms with Gasteiger partial charge < -0.3 is 9.13 Å². The molecular formula is C18H22N4O. The highest BCUT2D eigenvalue weighted by molar-refractivity contribution is 5.94. The van der Waals surface area contributed by atoms with Crippen LogP contribution in [0.15, 0.2) is 61.4 Å². The molecule has 0 saturated heterocycles. The van der Waals surface area contributed by atoms with Gasteiger partial charge in [-0.3, -0.25) is 4.79 Å². The maximum Gasteiger partial charge on any atom is 0.202 e. The molecule has 0 bridgehead atoms. The summed E-state index contributed by atoms with van der Waals surface area (Å²) in [5, 5.41) is 0. The number of carbonyl (C=O) groups is 1. The van der Waals surface area contributed by atoms with Gasteiger partial charge in [0.1, 0.15) is 0 Å². The number of hydrogen-bond donors (Lipinski definition) is 0. The second kappa shape index (κ2) is 8.68. The topological polar surface area (TPSA) is 52.7 Å². The Bertz CT molecular complexity index is 702. The molecule has 23 heavy (non-hydrogen) atoms. The van der Waals surface area contributed by atoms with Gasteiger partial charge in [0, 0.05) is 44.3 Å². The summed E-state index contributed by atoms with van der Waals surface area (Å²) in [7, 11) is 0. The molecule has 0 aliphatic heterocycles. The predicted octanol–water partition coefficient (Wildman–Crippen LogP) is 3.23. The van der Waals surface area contributed by atoms with Crippen LogP contribution < -0.4 is 0 Å². The van der Waals surface area contributed by atoms with Crippen molar-refractivity contribution in [3.63, 3.8) is 0 Å². The van der Waals surface area contributed by atoms with Gasteiger partial charge in [0.15, 0.2) is 5.82 Å². The van der Waals surface area contributed by atoms with Crippen molar-refractivity contribution in [1.29, 1.82) is 0 Å². The molecular weight excluding hydrogens is 288 g/mol. The summed E-state index contributed by atoms with van der Waals surface area (Å²) in [5.41, 5.74) is 1.03. The van der Waals surface area contributed by atoms with Crippen molar-refractivity contribution < 1.29 is 4.79 Å². The highest BCUT2D eigenvalue weighted by Gasteiger charge is 2.12. The standard InChI is InChI=1S/C13H14N2O.C5H8N2/c1-2-15-9-8-14-13(15)12(16)10-11-6-4-3-5-7-11;1-2-7-4-3-6-5-7/h3-9H,2,10H2,1H3;3-5H,2H2,1H3.